The summed E-state index contributed by atoms with van der Waals surface area (Å²) in [7, 11) is 0. The molecule has 1 aliphatic carbocycles. The Bertz CT molecular complexity index is 869. The molecule has 2 aromatic rings. The Morgan fingerprint density at radius 3 is 2.69 bits per heavy atom. The number of fused-ring (bicyclic) bond motifs is 1. The number of nitrogens with zero attached hydrogens (tertiary/aromatic N) is 1. The first-order valence-corrected chi connectivity index (χ1v) is 10.5. The fourth-order valence-corrected chi connectivity index (χ4v) is 5.06. The van der Waals surface area contributed by atoms with E-state index in [9.17, 15) is 14.3 Å². The predicted molar refractivity (Wildman–Crippen MR) is 109 cm³/mol. The zero-order valence-electron chi connectivity index (χ0n) is 16.8. The third-order valence-corrected chi connectivity index (χ3v) is 6.46. The molecule has 2 aliphatic rings. The Balaban J connectivity index is 1.77. The summed E-state index contributed by atoms with van der Waals surface area (Å²) in [6, 6.07) is 13.2. The van der Waals surface area contributed by atoms with E-state index in [0.717, 1.165) is 37.0 Å². The average molecular weight is 397 g/mol. The molecule has 1 aliphatic heterocycles. The number of benzene rings is 2. The molecule has 0 spiro atoms. The number of likely N-dealkylation sites (tertiary alicyclic amines) is 1. The third kappa shape index (κ3) is 3.76. The number of carbonyl (C=O) groups excluding carboxylic acids is 1. The van der Waals surface area contributed by atoms with Gasteiger partial charge in [0.05, 0.1) is 18.2 Å². The van der Waals surface area contributed by atoms with Crippen LogP contribution in [0.3, 0.4) is 0 Å². The Labute approximate surface area is 171 Å². The standard InChI is InChI=1S/C24H28FNO3/c1-2-29-21-9-4-3-7-19(21)22-20-8-5-6-14-24(20,28)15-16-26(22)23(27)17-10-12-18(25)13-11-17/h3-4,7,9-13,20,22,28H,2,5-6,8,14-16H2,1H3/t20-,22-,24-/m1/s1. The van der Waals surface area contributed by atoms with Crippen molar-refractivity contribution >= 4 is 5.91 Å². The highest BCUT2D eigenvalue weighted by Crippen LogP contribution is 2.51. The van der Waals surface area contributed by atoms with Gasteiger partial charge < -0.3 is 14.7 Å². The number of hydrogen-bond acceptors (Lipinski definition) is 3. The summed E-state index contributed by atoms with van der Waals surface area (Å²) in [6.45, 7) is 2.94. The van der Waals surface area contributed by atoms with Gasteiger partial charge in [-0.25, -0.2) is 4.39 Å². The third-order valence-electron chi connectivity index (χ3n) is 6.46. The molecule has 5 heteroatoms. The second-order valence-corrected chi connectivity index (χ2v) is 8.13. The van der Waals surface area contributed by atoms with E-state index in [4.69, 9.17) is 4.74 Å². The number of rotatable bonds is 4. The summed E-state index contributed by atoms with van der Waals surface area (Å²) in [5, 5.41) is 11.4. The van der Waals surface area contributed by atoms with E-state index in [0.29, 0.717) is 25.1 Å². The maximum absolute atomic E-state index is 13.4. The van der Waals surface area contributed by atoms with Crippen molar-refractivity contribution in [2.45, 2.75) is 50.7 Å². The smallest absolute Gasteiger partial charge is 0.254 e. The van der Waals surface area contributed by atoms with Gasteiger partial charge in [-0.1, -0.05) is 31.0 Å². The Hall–Kier alpha value is -2.40. The van der Waals surface area contributed by atoms with Crippen molar-refractivity contribution in [2.24, 2.45) is 5.92 Å². The topological polar surface area (TPSA) is 49.8 Å². The van der Waals surface area contributed by atoms with E-state index in [2.05, 4.69) is 0 Å². The Morgan fingerprint density at radius 1 is 1.17 bits per heavy atom. The van der Waals surface area contributed by atoms with Gasteiger partial charge in [0.1, 0.15) is 11.6 Å². The van der Waals surface area contributed by atoms with Crippen molar-refractivity contribution in [1.29, 1.82) is 0 Å². The zero-order chi connectivity index (χ0) is 20.4. The van der Waals surface area contributed by atoms with Crippen molar-refractivity contribution < 1.29 is 19.0 Å². The minimum atomic E-state index is -0.762. The molecule has 2 fully saturated rings. The fraction of sp³-hybridized carbons (Fsp3) is 0.458. The van der Waals surface area contributed by atoms with Crippen LogP contribution in [0.4, 0.5) is 4.39 Å². The van der Waals surface area contributed by atoms with Gasteiger partial charge in [0, 0.05) is 23.6 Å². The number of carbonyl (C=O) groups is 1. The van der Waals surface area contributed by atoms with Crippen molar-refractivity contribution in [2.75, 3.05) is 13.2 Å². The molecule has 1 saturated heterocycles. The SMILES string of the molecule is CCOc1ccccc1[C@@H]1[C@H]2CCCC[C@@]2(O)CCN1C(=O)c1ccc(F)cc1. The molecular formula is C24H28FNO3. The number of aliphatic hydroxyl groups is 1. The first-order valence-electron chi connectivity index (χ1n) is 10.5. The summed E-state index contributed by atoms with van der Waals surface area (Å²) in [5.74, 6) is 0.219. The number of halogens is 1. The van der Waals surface area contributed by atoms with E-state index < -0.39 is 5.60 Å². The highest BCUT2D eigenvalue weighted by molar-refractivity contribution is 5.94. The molecule has 1 N–H and O–H groups in total. The number of hydrogen-bond donors (Lipinski definition) is 1. The molecule has 0 aromatic heterocycles. The van der Waals surface area contributed by atoms with Crippen molar-refractivity contribution in [3.8, 4) is 5.75 Å². The van der Waals surface area contributed by atoms with Gasteiger partial charge in [0.25, 0.3) is 5.91 Å². The number of para-hydroxylation sites is 1. The molecule has 4 nitrogen and oxygen atoms in total. The summed E-state index contributed by atoms with van der Waals surface area (Å²) in [5.41, 5.74) is 0.642. The van der Waals surface area contributed by atoms with Gasteiger partial charge in [0.2, 0.25) is 0 Å². The molecule has 3 atom stereocenters. The molecule has 1 amide bonds. The number of ether oxygens (including phenoxy) is 1. The van der Waals surface area contributed by atoms with Crippen molar-refractivity contribution in [3.05, 3.63) is 65.5 Å². The molecule has 1 saturated carbocycles. The second kappa shape index (κ2) is 8.15. The highest BCUT2D eigenvalue weighted by atomic mass is 19.1. The lowest BCUT2D eigenvalue weighted by Gasteiger charge is -2.52. The van der Waals surface area contributed by atoms with E-state index in [1.165, 1.54) is 24.3 Å². The molecular weight excluding hydrogens is 369 g/mol. The molecule has 2 aromatic carbocycles. The van der Waals surface area contributed by atoms with Gasteiger partial charge in [0.15, 0.2) is 0 Å². The molecule has 1 heterocycles. The van der Waals surface area contributed by atoms with Crippen LogP contribution < -0.4 is 4.74 Å². The summed E-state index contributed by atoms with van der Waals surface area (Å²) < 4.78 is 19.3. The minimum absolute atomic E-state index is 0.0454. The van der Waals surface area contributed by atoms with Crippen LogP contribution in [0.2, 0.25) is 0 Å². The predicted octanol–water partition coefficient (Wildman–Crippen LogP) is 4.73. The molecule has 0 bridgehead atoms. The maximum atomic E-state index is 13.4. The minimum Gasteiger partial charge on any atom is -0.494 e. The molecule has 0 unspecified atom stereocenters. The quantitative estimate of drug-likeness (QED) is 0.811. The van der Waals surface area contributed by atoms with E-state index >= 15 is 0 Å². The first kappa shape index (κ1) is 19.9. The van der Waals surface area contributed by atoms with Crippen LogP contribution >= 0.6 is 0 Å². The van der Waals surface area contributed by atoms with Crippen LogP contribution in [-0.4, -0.2) is 34.7 Å². The summed E-state index contributed by atoms with van der Waals surface area (Å²) >= 11 is 0. The van der Waals surface area contributed by atoms with Crippen LogP contribution in [0.5, 0.6) is 5.75 Å². The van der Waals surface area contributed by atoms with Crippen LogP contribution in [0.25, 0.3) is 0 Å². The van der Waals surface area contributed by atoms with Crippen molar-refractivity contribution in [1.82, 2.24) is 4.90 Å². The highest BCUT2D eigenvalue weighted by Gasteiger charge is 2.50. The largest absolute Gasteiger partial charge is 0.494 e. The average Bonchev–Trinajstić information content (AvgIpc) is 2.73. The Morgan fingerprint density at radius 2 is 1.93 bits per heavy atom. The number of piperidine rings is 1. The molecule has 154 valence electrons. The van der Waals surface area contributed by atoms with Crippen molar-refractivity contribution in [3.63, 3.8) is 0 Å². The lowest BCUT2D eigenvalue weighted by atomic mass is 9.66. The summed E-state index contributed by atoms with van der Waals surface area (Å²) in [4.78, 5) is 15.3. The monoisotopic (exact) mass is 397 g/mol. The maximum Gasteiger partial charge on any atom is 0.254 e. The van der Waals surface area contributed by atoms with Crippen LogP contribution in [-0.2, 0) is 0 Å². The first-order chi connectivity index (χ1) is 14.0. The van der Waals surface area contributed by atoms with Gasteiger partial charge in [-0.15, -0.1) is 0 Å². The van der Waals surface area contributed by atoms with Gasteiger partial charge >= 0.3 is 0 Å². The zero-order valence-corrected chi connectivity index (χ0v) is 16.8. The van der Waals surface area contributed by atoms with Crippen LogP contribution in [0.1, 0.15) is 61.0 Å². The van der Waals surface area contributed by atoms with E-state index in [1.54, 1.807) is 0 Å². The number of amides is 1. The molecule has 0 radical (unpaired) electrons. The summed E-state index contributed by atoms with van der Waals surface area (Å²) in [6.07, 6.45) is 4.26. The van der Waals surface area contributed by atoms with Gasteiger partial charge in [-0.2, -0.15) is 0 Å². The van der Waals surface area contributed by atoms with E-state index in [-0.39, 0.29) is 23.7 Å². The second-order valence-electron chi connectivity index (χ2n) is 8.13. The fourth-order valence-electron chi connectivity index (χ4n) is 5.06. The molecule has 4 rings (SSSR count). The van der Waals surface area contributed by atoms with Crippen LogP contribution in [0, 0.1) is 11.7 Å². The van der Waals surface area contributed by atoms with E-state index in [1.807, 2.05) is 36.1 Å². The van der Waals surface area contributed by atoms with Gasteiger partial charge in [-0.3, -0.25) is 4.79 Å². The molecule has 29 heavy (non-hydrogen) atoms. The van der Waals surface area contributed by atoms with Crippen LogP contribution in [0.15, 0.2) is 48.5 Å². The Kier molecular flexibility index (Phi) is 5.59. The van der Waals surface area contributed by atoms with Gasteiger partial charge in [-0.05, 0) is 56.5 Å². The lowest BCUT2D eigenvalue weighted by molar-refractivity contribution is -0.115. The lowest BCUT2D eigenvalue weighted by Crippen LogP contribution is -2.56. The normalized spacial score (nSPS) is 26.7.